The van der Waals surface area contributed by atoms with Gasteiger partial charge in [-0.15, -0.1) is 0 Å². The molecule has 0 atom stereocenters. The first kappa shape index (κ1) is 16.0. The molecule has 3 N–H and O–H groups in total. The molecule has 0 aromatic heterocycles. The lowest BCUT2D eigenvalue weighted by Gasteiger charge is -2.13. The first-order chi connectivity index (χ1) is 8.74. The summed E-state index contributed by atoms with van der Waals surface area (Å²) in [6, 6.07) is 3.38. The third-order valence-corrected chi connectivity index (χ3v) is 4.77. The average Bonchev–Trinajstić information content (AvgIpc) is 2.22. The van der Waals surface area contributed by atoms with E-state index in [9.17, 15) is 8.42 Å². The molecule has 0 fully saturated rings. The summed E-state index contributed by atoms with van der Waals surface area (Å²) in [5, 5.41) is 0. The van der Waals surface area contributed by atoms with Gasteiger partial charge in [-0.05, 0) is 55.9 Å². The molecule has 0 aliphatic rings. The van der Waals surface area contributed by atoms with Crippen LogP contribution in [0.4, 0.5) is 5.69 Å². The molecule has 0 aliphatic carbocycles. The summed E-state index contributed by atoms with van der Waals surface area (Å²) in [6.07, 6.45) is 1.87. The van der Waals surface area contributed by atoms with Crippen LogP contribution in [0, 0.1) is 19.8 Å². The Morgan fingerprint density at radius 1 is 1.21 bits per heavy atom. The molecule has 19 heavy (non-hydrogen) atoms. The standard InChI is InChI=1S/C14H24N2O2S/c1-10(2)6-5-7-16-19(17,18)14-11(3)8-13(15)9-12(14)4/h8-10,16H,5-7,15H2,1-4H3. The number of aryl methyl sites for hydroxylation is 2. The average molecular weight is 284 g/mol. The van der Waals surface area contributed by atoms with Crippen molar-refractivity contribution in [1.29, 1.82) is 0 Å². The topological polar surface area (TPSA) is 72.2 Å². The van der Waals surface area contributed by atoms with Crippen LogP contribution < -0.4 is 10.5 Å². The maximum absolute atomic E-state index is 12.3. The molecule has 4 nitrogen and oxygen atoms in total. The molecule has 0 amide bonds. The normalized spacial score (nSPS) is 12.1. The highest BCUT2D eigenvalue weighted by molar-refractivity contribution is 7.89. The number of benzene rings is 1. The van der Waals surface area contributed by atoms with E-state index in [4.69, 9.17) is 5.73 Å². The third-order valence-electron chi connectivity index (χ3n) is 3.00. The summed E-state index contributed by atoms with van der Waals surface area (Å²) in [4.78, 5) is 0.353. The summed E-state index contributed by atoms with van der Waals surface area (Å²) >= 11 is 0. The van der Waals surface area contributed by atoms with E-state index in [-0.39, 0.29) is 0 Å². The zero-order chi connectivity index (χ0) is 14.6. The minimum atomic E-state index is -3.44. The number of sulfonamides is 1. The number of hydrogen-bond donors (Lipinski definition) is 2. The lowest BCUT2D eigenvalue weighted by Crippen LogP contribution is -2.26. The summed E-state index contributed by atoms with van der Waals surface area (Å²) in [5.74, 6) is 0.587. The van der Waals surface area contributed by atoms with E-state index in [0.717, 1.165) is 12.8 Å². The van der Waals surface area contributed by atoms with Gasteiger partial charge >= 0.3 is 0 Å². The quantitative estimate of drug-likeness (QED) is 0.623. The van der Waals surface area contributed by atoms with Crippen LogP contribution in [-0.2, 0) is 10.0 Å². The molecular formula is C14H24N2O2S. The van der Waals surface area contributed by atoms with Crippen molar-refractivity contribution in [3.63, 3.8) is 0 Å². The van der Waals surface area contributed by atoms with Gasteiger partial charge < -0.3 is 5.73 Å². The highest BCUT2D eigenvalue weighted by Gasteiger charge is 2.19. The third kappa shape index (κ3) is 4.51. The highest BCUT2D eigenvalue weighted by Crippen LogP contribution is 2.22. The van der Waals surface area contributed by atoms with Crippen molar-refractivity contribution in [3.05, 3.63) is 23.3 Å². The number of hydrogen-bond acceptors (Lipinski definition) is 3. The number of rotatable bonds is 6. The van der Waals surface area contributed by atoms with E-state index in [1.807, 2.05) is 0 Å². The molecule has 0 spiro atoms. The molecule has 1 rings (SSSR count). The first-order valence-corrected chi connectivity index (χ1v) is 8.08. The molecule has 0 radical (unpaired) electrons. The number of nitrogens with two attached hydrogens (primary N) is 1. The van der Waals surface area contributed by atoms with Crippen LogP contribution in [0.5, 0.6) is 0 Å². The van der Waals surface area contributed by atoms with E-state index in [2.05, 4.69) is 18.6 Å². The molecule has 0 heterocycles. The molecule has 1 aromatic rings. The fraction of sp³-hybridized carbons (Fsp3) is 0.571. The zero-order valence-corrected chi connectivity index (χ0v) is 13.0. The Morgan fingerprint density at radius 3 is 2.21 bits per heavy atom. The maximum atomic E-state index is 12.3. The van der Waals surface area contributed by atoms with Crippen LogP contribution in [0.25, 0.3) is 0 Å². The molecule has 5 heteroatoms. The summed E-state index contributed by atoms with van der Waals surface area (Å²) in [5.41, 5.74) is 7.68. The second-order valence-corrected chi connectivity index (χ2v) is 7.12. The number of anilines is 1. The molecule has 108 valence electrons. The second kappa shape index (κ2) is 6.39. The van der Waals surface area contributed by atoms with Crippen molar-refractivity contribution >= 4 is 15.7 Å². The van der Waals surface area contributed by atoms with E-state index in [0.29, 0.717) is 34.2 Å². The molecule has 0 bridgehead atoms. The van der Waals surface area contributed by atoms with E-state index < -0.39 is 10.0 Å². The van der Waals surface area contributed by atoms with Crippen LogP contribution in [0.2, 0.25) is 0 Å². The maximum Gasteiger partial charge on any atom is 0.241 e. The minimum Gasteiger partial charge on any atom is -0.399 e. The monoisotopic (exact) mass is 284 g/mol. The molecular weight excluding hydrogens is 260 g/mol. The SMILES string of the molecule is Cc1cc(N)cc(C)c1S(=O)(=O)NCCCC(C)C. The predicted octanol–water partition coefficient (Wildman–Crippen LogP) is 2.60. The lowest BCUT2D eigenvalue weighted by molar-refractivity contribution is 0.539. The molecule has 0 saturated carbocycles. The van der Waals surface area contributed by atoms with Crippen LogP contribution in [-0.4, -0.2) is 15.0 Å². The Hall–Kier alpha value is -1.07. The fourth-order valence-corrected chi connectivity index (χ4v) is 3.72. The summed E-state index contributed by atoms with van der Waals surface area (Å²) in [6.45, 7) is 8.27. The van der Waals surface area contributed by atoms with Crippen LogP contribution >= 0.6 is 0 Å². The van der Waals surface area contributed by atoms with Crippen LogP contribution in [0.3, 0.4) is 0 Å². The van der Waals surface area contributed by atoms with E-state index in [1.54, 1.807) is 26.0 Å². The Balaban J connectivity index is 2.84. The van der Waals surface area contributed by atoms with Gasteiger partial charge in [-0.2, -0.15) is 0 Å². The summed E-state index contributed by atoms with van der Waals surface area (Å²) in [7, 11) is -3.44. The van der Waals surface area contributed by atoms with Gasteiger partial charge in [0.25, 0.3) is 0 Å². The van der Waals surface area contributed by atoms with Gasteiger partial charge in [-0.3, -0.25) is 0 Å². The fourth-order valence-electron chi connectivity index (χ4n) is 2.20. The highest BCUT2D eigenvalue weighted by atomic mass is 32.2. The molecule has 0 aliphatic heterocycles. The van der Waals surface area contributed by atoms with Gasteiger partial charge in [0, 0.05) is 12.2 Å². The molecule has 1 aromatic carbocycles. The van der Waals surface area contributed by atoms with Gasteiger partial charge in [0.2, 0.25) is 10.0 Å². The molecule has 0 unspecified atom stereocenters. The van der Waals surface area contributed by atoms with E-state index in [1.165, 1.54) is 0 Å². The van der Waals surface area contributed by atoms with Crippen LogP contribution in [0.15, 0.2) is 17.0 Å². The minimum absolute atomic E-state index is 0.353. The Labute approximate surface area is 116 Å². The predicted molar refractivity (Wildman–Crippen MR) is 79.6 cm³/mol. The zero-order valence-electron chi connectivity index (χ0n) is 12.2. The smallest absolute Gasteiger partial charge is 0.241 e. The first-order valence-electron chi connectivity index (χ1n) is 6.60. The van der Waals surface area contributed by atoms with Gasteiger partial charge in [-0.25, -0.2) is 13.1 Å². The lowest BCUT2D eigenvalue weighted by atomic mass is 10.1. The number of nitrogen functional groups attached to an aromatic ring is 1. The van der Waals surface area contributed by atoms with Crippen molar-refractivity contribution in [3.8, 4) is 0 Å². The van der Waals surface area contributed by atoms with Crippen molar-refractivity contribution in [2.45, 2.75) is 45.4 Å². The van der Waals surface area contributed by atoms with Crippen molar-refractivity contribution < 1.29 is 8.42 Å². The van der Waals surface area contributed by atoms with Crippen molar-refractivity contribution in [2.75, 3.05) is 12.3 Å². The van der Waals surface area contributed by atoms with Gasteiger partial charge in [0.15, 0.2) is 0 Å². The van der Waals surface area contributed by atoms with E-state index >= 15 is 0 Å². The van der Waals surface area contributed by atoms with Crippen molar-refractivity contribution in [1.82, 2.24) is 4.72 Å². The molecule has 0 saturated heterocycles. The summed E-state index contributed by atoms with van der Waals surface area (Å²) < 4.78 is 27.2. The van der Waals surface area contributed by atoms with Crippen LogP contribution in [0.1, 0.15) is 37.8 Å². The largest absolute Gasteiger partial charge is 0.399 e. The van der Waals surface area contributed by atoms with Gasteiger partial charge in [-0.1, -0.05) is 13.8 Å². The van der Waals surface area contributed by atoms with Gasteiger partial charge in [0.1, 0.15) is 0 Å². The second-order valence-electron chi connectivity index (χ2n) is 5.42. The Morgan fingerprint density at radius 2 is 1.74 bits per heavy atom. The Bertz CT molecular complexity index is 513. The number of nitrogens with one attached hydrogen (secondary N) is 1. The van der Waals surface area contributed by atoms with Gasteiger partial charge in [0.05, 0.1) is 4.90 Å². The Kier molecular flexibility index (Phi) is 5.38. The van der Waals surface area contributed by atoms with Crippen molar-refractivity contribution in [2.24, 2.45) is 5.92 Å².